The molecule has 8 nitrogen and oxygen atoms in total. The van der Waals surface area contributed by atoms with Crippen molar-refractivity contribution in [3.8, 4) is 0 Å². The molecule has 1 aliphatic heterocycles. The number of nitrogen functional groups attached to an aromatic ring is 1. The number of hydrogen-bond donors (Lipinski definition) is 2. The molecule has 0 bridgehead atoms. The van der Waals surface area contributed by atoms with E-state index in [4.69, 9.17) is 5.73 Å². The first kappa shape index (κ1) is 15.4. The molecule has 0 radical (unpaired) electrons. The van der Waals surface area contributed by atoms with Gasteiger partial charge in [0.2, 0.25) is 11.8 Å². The van der Waals surface area contributed by atoms with E-state index in [1.807, 2.05) is 0 Å². The summed E-state index contributed by atoms with van der Waals surface area (Å²) in [5, 5.41) is 14.2. The number of nitro groups is 1. The fourth-order valence-electron chi connectivity index (χ4n) is 2.66. The molecule has 8 heteroatoms. The van der Waals surface area contributed by atoms with E-state index < -0.39 is 4.92 Å². The lowest BCUT2D eigenvalue weighted by Crippen LogP contribution is -2.41. The Kier molecular flexibility index (Phi) is 4.89. The highest BCUT2D eigenvalue weighted by molar-refractivity contribution is 5.60. The summed E-state index contributed by atoms with van der Waals surface area (Å²) < 4.78 is 0. The van der Waals surface area contributed by atoms with Crippen molar-refractivity contribution < 1.29 is 4.92 Å². The molecule has 1 aromatic rings. The molecule has 2 heterocycles. The van der Waals surface area contributed by atoms with Gasteiger partial charge in [0.05, 0.1) is 4.92 Å². The largest absolute Gasteiger partial charge is 0.368 e. The van der Waals surface area contributed by atoms with Crippen LogP contribution in [-0.2, 0) is 0 Å². The predicted molar refractivity (Wildman–Crippen MR) is 81.2 cm³/mol. The van der Waals surface area contributed by atoms with Crippen LogP contribution in [0.5, 0.6) is 0 Å². The number of aryl methyl sites for hydroxylation is 1. The number of piperidine rings is 1. The van der Waals surface area contributed by atoms with Gasteiger partial charge in [-0.1, -0.05) is 6.42 Å². The van der Waals surface area contributed by atoms with Crippen molar-refractivity contribution in [1.29, 1.82) is 0 Å². The number of aromatic nitrogens is 2. The third-order valence-corrected chi connectivity index (χ3v) is 3.84. The summed E-state index contributed by atoms with van der Waals surface area (Å²) in [5.74, 6) is 0.250. The second-order valence-corrected chi connectivity index (χ2v) is 5.45. The van der Waals surface area contributed by atoms with E-state index in [1.54, 1.807) is 6.92 Å². The van der Waals surface area contributed by atoms with Crippen molar-refractivity contribution in [3.63, 3.8) is 0 Å². The van der Waals surface area contributed by atoms with Crippen LogP contribution in [0.4, 0.5) is 17.5 Å². The fraction of sp³-hybridized carbons (Fsp3) is 0.692. The van der Waals surface area contributed by atoms with Gasteiger partial charge in [-0.3, -0.25) is 15.0 Å². The Balaban J connectivity index is 2.06. The molecular formula is C13H22N6O2. The predicted octanol–water partition coefficient (Wildman–Crippen LogP) is 1.56. The maximum Gasteiger partial charge on any atom is 0.332 e. The van der Waals surface area contributed by atoms with Gasteiger partial charge in [-0.05, 0) is 39.8 Å². The van der Waals surface area contributed by atoms with Crippen LogP contribution in [0.2, 0.25) is 0 Å². The molecule has 3 N–H and O–H groups in total. The second kappa shape index (κ2) is 6.66. The average Bonchev–Trinajstić information content (AvgIpc) is 2.44. The number of likely N-dealkylation sites (tertiary alicyclic amines) is 1. The third kappa shape index (κ3) is 3.78. The van der Waals surface area contributed by atoms with Crippen molar-refractivity contribution in [2.75, 3.05) is 30.7 Å². The Hall–Kier alpha value is -1.96. The summed E-state index contributed by atoms with van der Waals surface area (Å²) in [4.78, 5) is 20.9. The summed E-state index contributed by atoms with van der Waals surface area (Å²) in [6.07, 6.45) is 3.71. The number of anilines is 2. The zero-order valence-corrected chi connectivity index (χ0v) is 12.5. The van der Waals surface area contributed by atoms with E-state index in [1.165, 1.54) is 19.3 Å². The SMILES string of the molecule is Cc1nc(N)nc(NCC(C)N2CCCCC2)c1[N+](=O)[O-]. The van der Waals surface area contributed by atoms with Crippen LogP contribution in [0, 0.1) is 17.0 Å². The van der Waals surface area contributed by atoms with Crippen LogP contribution in [0.15, 0.2) is 0 Å². The Morgan fingerprint density at radius 3 is 2.67 bits per heavy atom. The fourth-order valence-corrected chi connectivity index (χ4v) is 2.66. The van der Waals surface area contributed by atoms with Gasteiger partial charge in [0.1, 0.15) is 5.69 Å². The lowest BCUT2D eigenvalue weighted by Gasteiger charge is -2.32. The highest BCUT2D eigenvalue weighted by atomic mass is 16.6. The van der Waals surface area contributed by atoms with Gasteiger partial charge in [0.25, 0.3) is 0 Å². The molecule has 1 fully saturated rings. The van der Waals surface area contributed by atoms with E-state index in [0.717, 1.165) is 13.1 Å². The minimum atomic E-state index is -0.470. The number of nitrogens with zero attached hydrogens (tertiary/aromatic N) is 4. The summed E-state index contributed by atoms with van der Waals surface area (Å²) in [6, 6.07) is 0.293. The van der Waals surface area contributed by atoms with Gasteiger partial charge in [0, 0.05) is 12.6 Å². The minimum absolute atomic E-state index is 0.0474. The summed E-state index contributed by atoms with van der Waals surface area (Å²) in [5.41, 5.74) is 5.76. The number of rotatable bonds is 5. The zero-order chi connectivity index (χ0) is 15.4. The highest BCUT2D eigenvalue weighted by Crippen LogP contribution is 2.25. The van der Waals surface area contributed by atoms with Crippen molar-refractivity contribution in [3.05, 3.63) is 15.8 Å². The van der Waals surface area contributed by atoms with Crippen LogP contribution in [0.1, 0.15) is 31.9 Å². The molecule has 1 unspecified atom stereocenters. The summed E-state index contributed by atoms with van der Waals surface area (Å²) >= 11 is 0. The van der Waals surface area contributed by atoms with Crippen LogP contribution in [-0.4, -0.2) is 45.5 Å². The van der Waals surface area contributed by atoms with Gasteiger partial charge in [-0.2, -0.15) is 4.98 Å². The van der Waals surface area contributed by atoms with Gasteiger partial charge in [-0.15, -0.1) is 0 Å². The molecule has 0 saturated carbocycles. The molecule has 0 aromatic carbocycles. The first-order chi connectivity index (χ1) is 9.99. The first-order valence-electron chi connectivity index (χ1n) is 7.25. The molecule has 2 rings (SSSR count). The standard InChI is InChI=1S/C13H22N6O2/c1-9(18-6-4-3-5-7-18)8-15-12-11(19(20)21)10(2)16-13(14)17-12/h9H,3-8H2,1-2H3,(H3,14,15,16,17). The van der Waals surface area contributed by atoms with Crippen molar-refractivity contribution >= 4 is 17.5 Å². The average molecular weight is 294 g/mol. The maximum atomic E-state index is 11.1. The van der Waals surface area contributed by atoms with Crippen LogP contribution >= 0.6 is 0 Å². The molecule has 1 saturated heterocycles. The number of hydrogen-bond acceptors (Lipinski definition) is 7. The van der Waals surface area contributed by atoms with E-state index in [-0.39, 0.29) is 23.1 Å². The molecule has 0 spiro atoms. The summed E-state index contributed by atoms with van der Waals surface area (Å²) in [6.45, 7) is 6.43. The first-order valence-corrected chi connectivity index (χ1v) is 7.25. The van der Waals surface area contributed by atoms with Gasteiger partial charge in [-0.25, -0.2) is 4.98 Å². The normalized spacial score (nSPS) is 17.4. The van der Waals surface area contributed by atoms with Crippen LogP contribution < -0.4 is 11.1 Å². The van der Waals surface area contributed by atoms with Gasteiger partial charge >= 0.3 is 5.69 Å². The number of nitrogens with two attached hydrogens (primary N) is 1. The minimum Gasteiger partial charge on any atom is -0.368 e. The van der Waals surface area contributed by atoms with Crippen molar-refractivity contribution in [1.82, 2.24) is 14.9 Å². The van der Waals surface area contributed by atoms with E-state index >= 15 is 0 Å². The van der Waals surface area contributed by atoms with Crippen LogP contribution in [0.3, 0.4) is 0 Å². The Morgan fingerprint density at radius 1 is 1.38 bits per heavy atom. The van der Waals surface area contributed by atoms with E-state index in [9.17, 15) is 10.1 Å². The molecule has 116 valence electrons. The molecule has 0 amide bonds. The Bertz CT molecular complexity index is 516. The molecular weight excluding hydrogens is 272 g/mol. The van der Waals surface area contributed by atoms with Crippen molar-refractivity contribution in [2.45, 2.75) is 39.2 Å². The van der Waals surface area contributed by atoms with Crippen LogP contribution in [0.25, 0.3) is 0 Å². The lowest BCUT2D eigenvalue weighted by molar-refractivity contribution is -0.385. The number of nitrogens with one attached hydrogen (secondary N) is 1. The molecule has 1 atom stereocenters. The monoisotopic (exact) mass is 294 g/mol. The Labute approximate surface area is 123 Å². The maximum absolute atomic E-state index is 11.1. The van der Waals surface area contributed by atoms with E-state index in [0.29, 0.717) is 12.6 Å². The quantitative estimate of drug-likeness (QED) is 0.626. The molecule has 21 heavy (non-hydrogen) atoms. The lowest BCUT2D eigenvalue weighted by atomic mass is 10.1. The molecule has 0 aliphatic carbocycles. The highest BCUT2D eigenvalue weighted by Gasteiger charge is 2.23. The molecule has 1 aliphatic rings. The second-order valence-electron chi connectivity index (χ2n) is 5.45. The van der Waals surface area contributed by atoms with Gasteiger partial charge in [0.15, 0.2) is 0 Å². The Morgan fingerprint density at radius 2 is 2.05 bits per heavy atom. The topological polar surface area (TPSA) is 110 Å². The smallest absolute Gasteiger partial charge is 0.332 e. The van der Waals surface area contributed by atoms with Crippen molar-refractivity contribution in [2.24, 2.45) is 0 Å². The third-order valence-electron chi connectivity index (χ3n) is 3.84. The molecule has 1 aromatic heterocycles. The summed E-state index contributed by atoms with van der Waals surface area (Å²) in [7, 11) is 0. The van der Waals surface area contributed by atoms with E-state index in [2.05, 4.69) is 27.1 Å². The van der Waals surface area contributed by atoms with Gasteiger partial charge < -0.3 is 11.1 Å². The zero-order valence-electron chi connectivity index (χ0n) is 12.5.